The van der Waals surface area contributed by atoms with Crippen LogP contribution in [0.5, 0.6) is 0 Å². The molecule has 0 radical (unpaired) electrons. The van der Waals surface area contributed by atoms with Gasteiger partial charge >= 0.3 is 6.18 Å². The number of aliphatic hydroxyl groups is 1. The Morgan fingerprint density at radius 2 is 2.10 bits per heavy atom. The first-order valence-electron chi connectivity index (χ1n) is 6.39. The highest BCUT2D eigenvalue weighted by molar-refractivity contribution is 5.89. The number of carbonyl (C=O) groups excluding carboxylic acids is 2. The van der Waals surface area contributed by atoms with E-state index in [1.807, 2.05) is 0 Å². The fraction of sp³-hybridized carbons (Fsp3) is 0.833. The van der Waals surface area contributed by atoms with Gasteiger partial charge < -0.3 is 15.3 Å². The maximum Gasteiger partial charge on any atom is 0.406 e. The lowest BCUT2D eigenvalue weighted by Crippen LogP contribution is -2.44. The van der Waals surface area contributed by atoms with Gasteiger partial charge in [-0.2, -0.15) is 13.2 Å². The summed E-state index contributed by atoms with van der Waals surface area (Å²) >= 11 is 0. The molecule has 1 unspecified atom stereocenters. The number of hydrogen-bond acceptors (Lipinski definition) is 3. The summed E-state index contributed by atoms with van der Waals surface area (Å²) in [4.78, 5) is 24.0. The lowest BCUT2D eigenvalue weighted by Gasteiger charge is -2.22. The highest BCUT2D eigenvalue weighted by Crippen LogP contribution is 2.24. The maximum absolute atomic E-state index is 12.3. The minimum absolute atomic E-state index is 0.00710. The second-order valence-electron chi connectivity index (χ2n) is 5.33. The van der Waals surface area contributed by atoms with Crippen molar-refractivity contribution in [3.8, 4) is 0 Å². The Morgan fingerprint density at radius 3 is 2.55 bits per heavy atom. The first kappa shape index (κ1) is 16.7. The zero-order valence-corrected chi connectivity index (χ0v) is 11.4. The van der Waals surface area contributed by atoms with Crippen molar-refractivity contribution in [2.24, 2.45) is 11.8 Å². The van der Waals surface area contributed by atoms with E-state index in [0.29, 0.717) is 4.90 Å². The van der Waals surface area contributed by atoms with Crippen LogP contribution in [-0.4, -0.2) is 53.7 Å². The highest BCUT2D eigenvalue weighted by Gasteiger charge is 2.40. The maximum atomic E-state index is 12.3. The third-order valence-corrected chi connectivity index (χ3v) is 3.28. The third kappa shape index (κ3) is 4.66. The van der Waals surface area contributed by atoms with Crippen molar-refractivity contribution in [1.29, 1.82) is 0 Å². The molecule has 20 heavy (non-hydrogen) atoms. The Hall–Kier alpha value is -1.31. The van der Waals surface area contributed by atoms with Gasteiger partial charge in [-0.3, -0.25) is 9.59 Å². The molecule has 0 bridgehead atoms. The SMILES string of the molecule is CC(C)[C@@H](CO)NC(=O)C1CC(=O)N(CC(F)(F)F)C1. The van der Waals surface area contributed by atoms with Crippen LogP contribution in [0.25, 0.3) is 0 Å². The van der Waals surface area contributed by atoms with E-state index in [1.165, 1.54) is 0 Å². The third-order valence-electron chi connectivity index (χ3n) is 3.28. The average molecular weight is 296 g/mol. The molecule has 0 aromatic rings. The summed E-state index contributed by atoms with van der Waals surface area (Å²) in [5.74, 6) is -1.96. The van der Waals surface area contributed by atoms with Gasteiger partial charge in [-0.15, -0.1) is 0 Å². The minimum Gasteiger partial charge on any atom is -0.394 e. The van der Waals surface area contributed by atoms with Crippen LogP contribution in [0.15, 0.2) is 0 Å². The summed E-state index contributed by atoms with van der Waals surface area (Å²) in [6.07, 6.45) is -4.69. The average Bonchev–Trinajstić information content (AvgIpc) is 2.65. The second-order valence-corrected chi connectivity index (χ2v) is 5.33. The van der Waals surface area contributed by atoms with Gasteiger partial charge in [0.2, 0.25) is 11.8 Å². The van der Waals surface area contributed by atoms with Crippen LogP contribution < -0.4 is 5.32 Å². The van der Waals surface area contributed by atoms with Gasteiger partial charge in [0.05, 0.1) is 18.6 Å². The van der Waals surface area contributed by atoms with Gasteiger partial charge in [0.15, 0.2) is 0 Å². The summed E-state index contributed by atoms with van der Waals surface area (Å²) in [5, 5.41) is 11.7. The molecular formula is C12H19F3N2O3. The van der Waals surface area contributed by atoms with E-state index in [1.54, 1.807) is 13.8 Å². The van der Waals surface area contributed by atoms with Crippen LogP contribution in [0.2, 0.25) is 0 Å². The minimum atomic E-state index is -4.47. The number of rotatable bonds is 5. The number of carbonyl (C=O) groups is 2. The van der Waals surface area contributed by atoms with E-state index < -0.39 is 36.5 Å². The lowest BCUT2D eigenvalue weighted by atomic mass is 10.0. The Labute approximate surface area is 115 Å². The van der Waals surface area contributed by atoms with Crippen LogP contribution in [0.4, 0.5) is 13.2 Å². The summed E-state index contributed by atoms with van der Waals surface area (Å²) in [6.45, 7) is 1.79. The van der Waals surface area contributed by atoms with Gasteiger partial charge in [-0.1, -0.05) is 13.8 Å². The van der Waals surface area contributed by atoms with Crippen LogP contribution in [0.1, 0.15) is 20.3 Å². The molecule has 1 heterocycles. The highest BCUT2D eigenvalue weighted by atomic mass is 19.4. The van der Waals surface area contributed by atoms with E-state index in [2.05, 4.69) is 5.32 Å². The molecule has 0 aromatic carbocycles. The second kappa shape index (κ2) is 6.43. The number of nitrogens with zero attached hydrogens (tertiary/aromatic N) is 1. The van der Waals surface area contributed by atoms with Crippen molar-refractivity contribution in [1.82, 2.24) is 10.2 Å². The Balaban J connectivity index is 2.58. The molecule has 1 rings (SSSR count). The number of hydrogen-bond donors (Lipinski definition) is 2. The molecule has 2 amide bonds. The van der Waals surface area contributed by atoms with Crippen LogP contribution in [0, 0.1) is 11.8 Å². The van der Waals surface area contributed by atoms with E-state index in [9.17, 15) is 22.8 Å². The normalized spacial score (nSPS) is 21.4. The molecule has 1 aliphatic heterocycles. The fourth-order valence-corrected chi connectivity index (χ4v) is 2.04. The van der Waals surface area contributed by atoms with Crippen molar-refractivity contribution in [2.75, 3.05) is 19.7 Å². The van der Waals surface area contributed by atoms with Gasteiger partial charge in [-0.05, 0) is 5.92 Å². The van der Waals surface area contributed by atoms with Crippen LogP contribution in [-0.2, 0) is 9.59 Å². The molecule has 8 heteroatoms. The fourth-order valence-electron chi connectivity index (χ4n) is 2.04. The summed E-state index contributed by atoms with van der Waals surface area (Å²) in [5.41, 5.74) is 0. The van der Waals surface area contributed by atoms with Crippen LogP contribution >= 0.6 is 0 Å². The molecule has 0 spiro atoms. The van der Waals surface area contributed by atoms with Crippen molar-refractivity contribution in [3.63, 3.8) is 0 Å². The van der Waals surface area contributed by atoms with Gasteiger partial charge in [-0.25, -0.2) is 0 Å². The first-order valence-corrected chi connectivity index (χ1v) is 6.39. The Kier molecular flexibility index (Phi) is 5.38. The Bertz CT molecular complexity index is 371. The number of alkyl halides is 3. The molecule has 2 N–H and O–H groups in total. The smallest absolute Gasteiger partial charge is 0.394 e. The lowest BCUT2D eigenvalue weighted by molar-refractivity contribution is -0.157. The number of likely N-dealkylation sites (tertiary alicyclic amines) is 1. The zero-order valence-electron chi connectivity index (χ0n) is 11.4. The number of nitrogens with one attached hydrogen (secondary N) is 1. The molecule has 1 saturated heterocycles. The monoisotopic (exact) mass is 296 g/mol. The molecular weight excluding hydrogens is 277 g/mol. The molecule has 5 nitrogen and oxygen atoms in total. The van der Waals surface area contributed by atoms with Gasteiger partial charge in [0.25, 0.3) is 0 Å². The van der Waals surface area contributed by atoms with Crippen molar-refractivity contribution < 1.29 is 27.9 Å². The van der Waals surface area contributed by atoms with E-state index in [0.717, 1.165) is 0 Å². The molecule has 0 aliphatic carbocycles. The largest absolute Gasteiger partial charge is 0.406 e. The molecule has 0 aromatic heterocycles. The molecule has 2 atom stereocenters. The molecule has 116 valence electrons. The van der Waals surface area contributed by atoms with Crippen molar-refractivity contribution in [3.05, 3.63) is 0 Å². The van der Waals surface area contributed by atoms with E-state index in [-0.39, 0.29) is 25.5 Å². The molecule has 0 saturated carbocycles. The van der Waals surface area contributed by atoms with Crippen molar-refractivity contribution >= 4 is 11.8 Å². The molecule has 1 fully saturated rings. The standard InChI is InChI=1S/C12H19F3N2O3/c1-7(2)9(5-18)16-11(20)8-3-10(19)17(4-8)6-12(13,14)15/h7-9,18H,3-6H2,1-2H3,(H,16,20)/t8?,9-/m1/s1. The molecule has 1 aliphatic rings. The zero-order chi connectivity index (χ0) is 15.5. The Morgan fingerprint density at radius 1 is 1.50 bits per heavy atom. The van der Waals surface area contributed by atoms with E-state index >= 15 is 0 Å². The summed E-state index contributed by atoms with van der Waals surface area (Å²) < 4.78 is 36.8. The summed E-state index contributed by atoms with van der Waals surface area (Å²) in [6, 6.07) is -0.464. The topological polar surface area (TPSA) is 69.6 Å². The van der Waals surface area contributed by atoms with Crippen molar-refractivity contribution in [2.45, 2.75) is 32.5 Å². The first-order chi connectivity index (χ1) is 9.14. The predicted octanol–water partition coefficient (Wildman–Crippen LogP) is 0.530. The number of amides is 2. The van der Waals surface area contributed by atoms with Crippen LogP contribution in [0.3, 0.4) is 0 Å². The number of aliphatic hydroxyl groups excluding tert-OH is 1. The predicted molar refractivity (Wildman–Crippen MR) is 64.6 cm³/mol. The van der Waals surface area contributed by atoms with Gasteiger partial charge in [0.1, 0.15) is 6.54 Å². The summed E-state index contributed by atoms with van der Waals surface area (Å²) in [7, 11) is 0. The van der Waals surface area contributed by atoms with Gasteiger partial charge in [0, 0.05) is 13.0 Å². The van der Waals surface area contributed by atoms with E-state index in [4.69, 9.17) is 5.11 Å². The number of halogens is 3. The quantitative estimate of drug-likeness (QED) is 0.777.